The van der Waals surface area contributed by atoms with Gasteiger partial charge in [-0.05, 0) is 52.2 Å². The fourth-order valence-corrected chi connectivity index (χ4v) is 2.83. The number of rotatable bonds is 5. The average Bonchev–Trinajstić information content (AvgIpc) is 2.48. The van der Waals surface area contributed by atoms with Crippen molar-refractivity contribution in [3.8, 4) is 5.75 Å². The first-order chi connectivity index (χ1) is 10.6. The first-order valence-electron chi connectivity index (χ1n) is 6.51. The number of nitrogens with one attached hydrogen (secondary N) is 1. The van der Waals surface area contributed by atoms with Crippen LogP contribution in [0.2, 0.25) is 0 Å². The molecule has 0 bridgehead atoms. The number of carbonyl (C=O) groups is 1. The van der Waals surface area contributed by atoms with E-state index >= 15 is 0 Å². The summed E-state index contributed by atoms with van der Waals surface area (Å²) in [5.74, 6) is 0.279. The Morgan fingerprint density at radius 2 is 2.05 bits per heavy atom. The van der Waals surface area contributed by atoms with Crippen molar-refractivity contribution in [1.82, 2.24) is 5.43 Å². The van der Waals surface area contributed by atoms with Gasteiger partial charge >= 0.3 is 0 Å². The van der Waals surface area contributed by atoms with E-state index in [0.717, 1.165) is 20.1 Å². The van der Waals surface area contributed by atoms with Crippen molar-refractivity contribution in [2.75, 3.05) is 6.61 Å². The zero-order chi connectivity index (χ0) is 15.9. The van der Waals surface area contributed by atoms with Crippen LogP contribution in [0.5, 0.6) is 5.75 Å². The van der Waals surface area contributed by atoms with Crippen LogP contribution in [0.4, 0.5) is 0 Å². The van der Waals surface area contributed by atoms with E-state index in [-0.39, 0.29) is 12.5 Å². The lowest BCUT2D eigenvalue weighted by Gasteiger charge is -2.07. The largest absolute Gasteiger partial charge is 0.483 e. The number of benzene rings is 2. The lowest BCUT2D eigenvalue weighted by atomic mass is 10.1. The predicted octanol–water partition coefficient (Wildman–Crippen LogP) is 4.05. The summed E-state index contributed by atoms with van der Waals surface area (Å²) in [4.78, 5) is 11.7. The maximum Gasteiger partial charge on any atom is 0.277 e. The Morgan fingerprint density at radius 3 is 2.77 bits per heavy atom. The molecule has 114 valence electrons. The maximum atomic E-state index is 11.7. The molecule has 0 atom stereocenters. The van der Waals surface area contributed by atoms with Gasteiger partial charge in [0.2, 0.25) is 0 Å². The Bertz CT molecular complexity index is 702. The quantitative estimate of drug-likeness (QED) is 0.580. The molecule has 0 aliphatic heterocycles. The molecule has 2 rings (SSSR count). The zero-order valence-electron chi connectivity index (χ0n) is 11.8. The number of nitrogens with zero attached hydrogens (tertiary/aromatic N) is 1. The summed E-state index contributed by atoms with van der Waals surface area (Å²) in [7, 11) is 0. The maximum absolute atomic E-state index is 11.7. The first-order valence-corrected chi connectivity index (χ1v) is 8.10. The van der Waals surface area contributed by atoms with Crippen molar-refractivity contribution in [3.05, 3.63) is 62.5 Å². The highest BCUT2D eigenvalue weighted by Crippen LogP contribution is 2.27. The van der Waals surface area contributed by atoms with Gasteiger partial charge in [0, 0.05) is 4.47 Å². The van der Waals surface area contributed by atoms with E-state index in [1.807, 2.05) is 43.3 Å². The molecule has 0 aromatic heterocycles. The second-order valence-corrected chi connectivity index (χ2v) is 6.28. The molecule has 0 radical (unpaired) electrons. The first kappa shape index (κ1) is 16.7. The minimum atomic E-state index is -0.320. The van der Waals surface area contributed by atoms with Gasteiger partial charge in [-0.15, -0.1) is 0 Å². The highest BCUT2D eigenvalue weighted by Gasteiger charge is 2.05. The van der Waals surface area contributed by atoms with Crippen LogP contribution in [0.25, 0.3) is 0 Å². The number of ether oxygens (including phenoxy) is 1. The van der Waals surface area contributed by atoms with Gasteiger partial charge in [-0.2, -0.15) is 5.10 Å². The summed E-state index contributed by atoms with van der Waals surface area (Å²) in [5.41, 5.74) is 4.49. The van der Waals surface area contributed by atoms with Gasteiger partial charge in [-0.25, -0.2) is 5.43 Å². The molecular weight excluding hydrogens is 412 g/mol. The minimum Gasteiger partial charge on any atom is -0.483 e. The van der Waals surface area contributed by atoms with Crippen molar-refractivity contribution < 1.29 is 9.53 Å². The third kappa shape index (κ3) is 4.96. The summed E-state index contributed by atoms with van der Waals surface area (Å²) >= 11 is 6.73. The second-order valence-electron chi connectivity index (χ2n) is 4.51. The number of hydrogen-bond acceptors (Lipinski definition) is 3. The van der Waals surface area contributed by atoms with E-state index in [2.05, 4.69) is 42.4 Å². The SMILES string of the molecule is Cc1ccccc1C=NNC(=O)COc1ccc(Br)cc1Br. The molecule has 0 aliphatic rings. The van der Waals surface area contributed by atoms with E-state index < -0.39 is 0 Å². The van der Waals surface area contributed by atoms with Crippen LogP contribution >= 0.6 is 31.9 Å². The van der Waals surface area contributed by atoms with Gasteiger partial charge in [0.05, 0.1) is 10.7 Å². The molecule has 0 spiro atoms. The number of hydrazone groups is 1. The summed E-state index contributed by atoms with van der Waals surface area (Å²) in [6.07, 6.45) is 1.61. The van der Waals surface area contributed by atoms with Crippen molar-refractivity contribution in [1.29, 1.82) is 0 Å². The third-order valence-corrected chi connectivity index (χ3v) is 3.95. The molecule has 0 unspecified atom stereocenters. The van der Waals surface area contributed by atoms with Crippen molar-refractivity contribution in [2.45, 2.75) is 6.92 Å². The van der Waals surface area contributed by atoms with E-state index in [1.165, 1.54) is 0 Å². The Morgan fingerprint density at radius 1 is 1.27 bits per heavy atom. The molecular formula is C16H14Br2N2O2. The summed E-state index contributed by atoms with van der Waals surface area (Å²) < 4.78 is 7.13. The minimum absolute atomic E-state index is 0.106. The van der Waals surface area contributed by atoms with Crippen molar-refractivity contribution in [2.24, 2.45) is 5.10 Å². The fourth-order valence-electron chi connectivity index (χ4n) is 1.67. The monoisotopic (exact) mass is 424 g/mol. The molecule has 6 heteroatoms. The Balaban J connectivity index is 1.84. The molecule has 0 heterocycles. The Kier molecular flexibility index (Phi) is 6.15. The Hall–Kier alpha value is -1.66. The molecule has 4 nitrogen and oxygen atoms in total. The van der Waals surface area contributed by atoms with Gasteiger partial charge in [-0.1, -0.05) is 40.2 Å². The van der Waals surface area contributed by atoms with Gasteiger partial charge in [0.25, 0.3) is 5.91 Å². The Labute approximate surface area is 145 Å². The highest BCUT2D eigenvalue weighted by molar-refractivity contribution is 9.11. The molecule has 0 aliphatic carbocycles. The predicted molar refractivity (Wildman–Crippen MR) is 94.3 cm³/mol. The van der Waals surface area contributed by atoms with Crippen molar-refractivity contribution >= 4 is 44.0 Å². The van der Waals surface area contributed by atoms with Crippen LogP contribution < -0.4 is 10.2 Å². The number of amides is 1. The standard InChI is InChI=1S/C16H14Br2N2O2/c1-11-4-2-3-5-12(11)9-19-20-16(21)10-22-15-7-6-13(17)8-14(15)18/h2-9H,10H2,1H3,(H,20,21). The van der Waals surface area contributed by atoms with Gasteiger partial charge in [-0.3, -0.25) is 4.79 Å². The van der Waals surface area contributed by atoms with Crippen LogP contribution in [-0.2, 0) is 4.79 Å². The van der Waals surface area contributed by atoms with Crippen LogP contribution in [0.1, 0.15) is 11.1 Å². The molecule has 0 saturated heterocycles. The summed E-state index contributed by atoms with van der Waals surface area (Å²) in [6.45, 7) is 1.88. The molecule has 22 heavy (non-hydrogen) atoms. The third-order valence-electron chi connectivity index (χ3n) is 2.83. The average molecular weight is 426 g/mol. The summed E-state index contributed by atoms with van der Waals surface area (Å²) in [6, 6.07) is 13.3. The number of aryl methyl sites for hydroxylation is 1. The second kappa shape index (κ2) is 8.10. The molecule has 2 aromatic rings. The lowest BCUT2D eigenvalue weighted by Crippen LogP contribution is -2.24. The fraction of sp³-hybridized carbons (Fsp3) is 0.125. The van der Waals surface area contributed by atoms with Crippen LogP contribution in [0.15, 0.2) is 56.5 Å². The van der Waals surface area contributed by atoms with Crippen LogP contribution in [0.3, 0.4) is 0 Å². The van der Waals surface area contributed by atoms with Crippen molar-refractivity contribution in [3.63, 3.8) is 0 Å². The molecule has 0 saturated carbocycles. The number of halogens is 2. The molecule has 1 N–H and O–H groups in total. The van der Waals surface area contributed by atoms with Gasteiger partial charge in [0.1, 0.15) is 5.75 Å². The van der Waals surface area contributed by atoms with E-state index in [9.17, 15) is 4.79 Å². The van der Waals surface area contributed by atoms with E-state index in [0.29, 0.717) is 5.75 Å². The van der Waals surface area contributed by atoms with Gasteiger partial charge in [0.15, 0.2) is 6.61 Å². The normalized spacial score (nSPS) is 10.7. The lowest BCUT2D eigenvalue weighted by molar-refractivity contribution is -0.123. The zero-order valence-corrected chi connectivity index (χ0v) is 15.0. The molecule has 1 amide bonds. The van der Waals surface area contributed by atoms with Crippen LogP contribution in [0, 0.1) is 6.92 Å². The number of hydrogen-bond donors (Lipinski definition) is 1. The van der Waals surface area contributed by atoms with E-state index in [4.69, 9.17) is 4.74 Å². The summed E-state index contributed by atoms with van der Waals surface area (Å²) in [5, 5.41) is 3.93. The smallest absolute Gasteiger partial charge is 0.277 e. The molecule has 2 aromatic carbocycles. The number of carbonyl (C=O) groups excluding carboxylic acids is 1. The molecule has 0 fully saturated rings. The highest BCUT2D eigenvalue weighted by atomic mass is 79.9. The van der Waals surface area contributed by atoms with Gasteiger partial charge < -0.3 is 4.74 Å². The van der Waals surface area contributed by atoms with Crippen LogP contribution in [-0.4, -0.2) is 18.7 Å². The topological polar surface area (TPSA) is 50.7 Å². The van der Waals surface area contributed by atoms with E-state index in [1.54, 1.807) is 12.3 Å².